The Bertz CT molecular complexity index is 693. The average molecular weight is 303 g/mol. The summed E-state index contributed by atoms with van der Waals surface area (Å²) in [5, 5.41) is 9.74. The van der Waals surface area contributed by atoms with E-state index in [-0.39, 0.29) is 11.8 Å². The summed E-state index contributed by atoms with van der Waals surface area (Å²) in [5.41, 5.74) is 1.14. The molecule has 1 fully saturated rings. The van der Waals surface area contributed by atoms with Crippen molar-refractivity contribution in [3.05, 3.63) is 40.7 Å². The van der Waals surface area contributed by atoms with Gasteiger partial charge in [0.1, 0.15) is 5.82 Å². The number of aryl methyl sites for hydroxylation is 1. The lowest BCUT2D eigenvalue weighted by Crippen LogP contribution is -2.29. The zero-order valence-electron chi connectivity index (χ0n) is 11.7. The molecule has 0 aliphatic heterocycles. The van der Waals surface area contributed by atoms with Crippen molar-refractivity contribution in [2.75, 3.05) is 6.54 Å². The molecule has 1 amide bonds. The smallest absolute Gasteiger partial charge is 0.223 e. The minimum atomic E-state index is 0.0765. The average Bonchev–Trinajstić information content (AvgIpc) is 3.24. The summed E-state index contributed by atoms with van der Waals surface area (Å²) >= 11 is 5.12. The fraction of sp³-hybridized carbons (Fsp3) is 0.429. The number of hydrogen-bond acceptors (Lipinski definition) is 4. The quantitative estimate of drug-likeness (QED) is 0.822. The van der Waals surface area contributed by atoms with Gasteiger partial charge < -0.3 is 9.88 Å². The highest BCUT2D eigenvalue weighted by atomic mass is 32.1. The number of hydrogen-bond donors (Lipinski definition) is 2. The Labute approximate surface area is 127 Å². The van der Waals surface area contributed by atoms with Crippen LogP contribution in [0.5, 0.6) is 0 Å². The number of carbonyl (C=O) groups excluding carboxylic acids is 1. The van der Waals surface area contributed by atoms with E-state index in [0.717, 1.165) is 17.8 Å². The zero-order chi connectivity index (χ0) is 14.8. The van der Waals surface area contributed by atoms with Crippen molar-refractivity contribution in [3.8, 4) is 0 Å². The summed E-state index contributed by atoms with van der Waals surface area (Å²) in [5.74, 6) is 1.33. The molecule has 110 valence electrons. The Morgan fingerprint density at radius 2 is 2.48 bits per heavy atom. The topological polar surface area (TPSA) is 75.6 Å². The maximum absolute atomic E-state index is 12.1. The first-order valence-electron chi connectivity index (χ1n) is 6.96. The first-order chi connectivity index (χ1) is 10.2. The number of aromatic amines is 1. The molecule has 2 unspecified atom stereocenters. The number of H-pyrrole nitrogens is 1. The van der Waals surface area contributed by atoms with Gasteiger partial charge in [-0.1, -0.05) is 6.07 Å². The predicted molar refractivity (Wildman–Crippen MR) is 80.2 cm³/mol. The number of amides is 1. The first kappa shape index (κ1) is 13.9. The summed E-state index contributed by atoms with van der Waals surface area (Å²) in [6.07, 6.45) is 4.49. The molecule has 2 aromatic heterocycles. The summed E-state index contributed by atoms with van der Waals surface area (Å²) in [4.78, 5) is 16.2. The maximum Gasteiger partial charge on any atom is 0.223 e. The van der Waals surface area contributed by atoms with Crippen LogP contribution in [0.25, 0.3) is 0 Å². The van der Waals surface area contributed by atoms with Gasteiger partial charge in [-0.15, -0.1) is 0 Å². The van der Waals surface area contributed by atoms with E-state index in [1.807, 2.05) is 29.8 Å². The molecule has 2 atom stereocenters. The van der Waals surface area contributed by atoms with Gasteiger partial charge in [0.25, 0.3) is 0 Å². The van der Waals surface area contributed by atoms with Crippen molar-refractivity contribution >= 4 is 18.1 Å². The molecule has 7 heteroatoms. The zero-order valence-corrected chi connectivity index (χ0v) is 12.6. The van der Waals surface area contributed by atoms with Gasteiger partial charge in [0, 0.05) is 31.4 Å². The van der Waals surface area contributed by atoms with Gasteiger partial charge in [0.05, 0.1) is 0 Å². The van der Waals surface area contributed by atoms with Crippen molar-refractivity contribution < 1.29 is 4.79 Å². The molecular weight excluding hydrogens is 286 g/mol. The fourth-order valence-electron chi connectivity index (χ4n) is 2.53. The van der Waals surface area contributed by atoms with Crippen LogP contribution in [-0.4, -0.2) is 32.2 Å². The Balaban J connectivity index is 1.49. The second kappa shape index (κ2) is 5.77. The number of carbonyl (C=O) groups is 1. The highest BCUT2D eigenvalue weighted by Crippen LogP contribution is 2.47. The molecule has 2 aromatic rings. The Hall–Kier alpha value is -2.02. The first-order valence-corrected chi connectivity index (χ1v) is 7.37. The van der Waals surface area contributed by atoms with Crippen LogP contribution in [0.4, 0.5) is 0 Å². The van der Waals surface area contributed by atoms with Crippen molar-refractivity contribution in [2.45, 2.75) is 25.8 Å². The molecule has 3 rings (SSSR count). The van der Waals surface area contributed by atoms with Crippen molar-refractivity contribution in [1.29, 1.82) is 0 Å². The van der Waals surface area contributed by atoms with Crippen LogP contribution < -0.4 is 5.32 Å². The lowest BCUT2D eigenvalue weighted by molar-refractivity contribution is -0.122. The number of nitrogens with zero attached hydrogens (tertiary/aromatic N) is 3. The molecule has 0 radical (unpaired) electrons. The lowest BCUT2D eigenvalue weighted by atomic mass is 10.1. The Kier molecular flexibility index (Phi) is 3.83. The summed E-state index contributed by atoms with van der Waals surface area (Å²) < 4.78 is 2.46. The van der Waals surface area contributed by atoms with E-state index in [9.17, 15) is 4.79 Å². The van der Waals surface area contributed by atoms with Crippen LogP contribution in [0.15, 0.2) is 24.5 Å². The molecule has 0 aromatic carbocycles. The SMILES string of the molecule is Cc1n[nH]c(=S)n1CCNC(=O)C1CC1c1cccnc1. The molecule has 1 aliphatic carbocycles. The van der Waals surface area contributed by atoms with E-state index in [1.165, 1.54) is 0 Å². The van der Waals surface area contributed by atoms with Crippen molar-refractivity contribution in [1.82, 2.24) is 25.1 Å². The molecule has 2 heterocycles. The Morgan fingerprint density at radius 3 is 3.14 bits per heavy atom. The van der Waals surface area contributed by atoms with Gasteiger partial charge in [0.2, 0.25) is 5.91 Å². The molecular formula is C14H17N5OS. The predicted octanol–water partition coefficient (Wildman–Crippen LogP) is 1.56. The van der Waals surface area contributed by atoms with Crippen LogP contribution >= 0.6 is 12.2 Å². The number of pyridine rings is 1. The molecule has 0 bridgehead atoms. The number of aromatic nitrogens is 4. The monoisotopic (exact) mass is 303 g/mol. The summed E-state index contributed by atoms with van der Waals surface area (Å²) in [6, 6.07) is 3.94. The number of rotatable bonds is 5. The lowest BCUT2D eigenvalue weighted by Gasteiger charge is -2.06. The molecule has 6 nitrogen and oxygen atoms in total. The fourth-order valence-corrected chi connectivity index (χ4v) is 2.80. The van der Waals surface area contributed by atoms with Gasteiger partial charge >= 0.3 is 0 Å². The van der Waals surface area contributed by atoms with Gasteiger partial charge in [-0.3, -0.25) is 14.9 Å². The third-order valence-electron chi connectivity index (χ3n) is 3.82. The second-order valence-electron chi connectivity index (χ2n) is 5.25. The molecule has 21 heavy (non-hydrogen) atoms. The standard InChI is InChI=1S/C14H17N5OS/c1-9-17-18-14(21)19(9)6-5-16-13(20)12-7-11(12)10-3-2-4-15-8-10/h2-4,8,11-12H,5-7H2,1H3,(H,16,20)(H,18,21). The van der Waals surface area contributed by atoms with Crippen molar-refractivity contribution in [2.24, 2.45) is 5.92 Å². The van der Waals surface area contributed by atoms with E-state index in [0.29, 0.717) is 23.8 Å². The summed E-state index contributed by atoms with van der Waals surface area (Å²) in [7, 11) is 0. The second-order valence-corrected chi connectivity index (χ2v) is 5.64. The van der Waals surface area contributed by atoms with Crippen LogP contribution in [0.2, 0.25) is 0 Å². The third kappa shape index (κ3) is 3.02. The van der Waals surface area contributed by atoms with Crippen LogP contribution in [-0.2, 0) is 11.3 Å². The van der Waals surface area contributed by atoms with Crippen LogP contribution in [0.3, 0.4) is 0 Å². The minimum absolute atomic E-state index is 0.0765. The van der Waals surface area contributed by atoms with Crippen LogP contribution in [0.1, 0.15) is 23.7 Å². The maximum atomic E-state index is 12.1. The van der Waals surface area contributed by atoms with E-state index >= 15 is 0 Å². The third-order valence-corrected chi connectivity index (χ3v) is 4.14. The van der Waals surface area contributed by atoms with Gasteiger partial charge in [-0.2, -0.15) is 5.10 Å². The molecule has 2 N–H and O–H groups in total. The summed E-state index contributed by atoms with van der Waals surface area (Å²) in [6.45, 7) is 3.08. The van der Waals surface area contributed by atoms with Crippen molar-refractivity contribution in [3.63, 3.8) is 0 Å². The van der Waals surface area contributed by atoms with Gasteiger partial charge in [-0.05, 0) is 43.1 Å². The van der Waals surface area contributed by atoms with Crippen LogP contribution in [0, 0.1) is 17.6 Å². The Morgan fingerprint density at radius 1 is 1.62 bits per heavy atom. The normalized spacial score (nSPS) is 20.2. The van der Waals surface area contributed by atoms with E-state index < -0.39 is 0 Å². The highest BCUT2D eigenvalue weighted by molar-refractivity contribution is 7.71. The molecule has 1 aliphatic rings. The van der Waals surface area contributed by atoms with E-state index in [2.05, 4.69) is 20.5 Å². The number of nitrogens with one attached hydrogen (secondary N) is 2. The molecule has 0 saturated heterocycles. The van der Waals surface area contributed by atoms with E-state index in [4.69, 9.17) is 12.2 Å². The highest BCUT2D eigenvalue weighted by Gasteiger charge is 2.43. The van der Waals surface area contributed by atoms with Gasteiger partial charge in [0.15, 0.2) is 4.77 Å². The largest absolute Gasteiger partial charge is 0.354 e. The minimum Gasteiger partial charge on any atom is -0.354 e. The van der Waals surface area contributed by atoms with Gasteiger partial charge in [-0.25, -0.2) is 0 Å². The molecule has 1 saturated carbocycles. The van der Waals surface area contributed by atoms with E-state index in [1.54, 1.807) is 6.20 Å². The molecule has 0 spiro atoms.